The van der Waals surface area contributed by atoms with Crippen LogP contribution in [0.25, 0.3) is 0 Å². The highest BCUT2D eigenvalue weighted by Crippen LogP contribution is 2.22. The maximum atomic E-state index is 11.3. The van der Waals surface area contributed by atoms with E-state index < -0.39 is 10.0 Å². The molecule has 0 amide bonds. The van der Waals surface area contributed by atoms with Gasteiger partial charge in [-0.2, -0.15) is 4.98 Å². The Morgan fingerprint density at radius 1 is 1.04 bits per heavy atom. The molecular formula is C20H23N5O2S. The van der Waals surface area contributed by atoms with Crippen LogP contribution in [0, 0.1) is 13.8 Å². The Hall–Kier alpha value is -2.97. The molecule has 0 aliphatic rings. The van der Waals surface area contributed by atoms with Crippen molar-refractivity contribution < 1.29 is 8.42 Å². The molecule has 0 aliphatic carbocycles. The SMILES string of the molecule is Cc1cccc(Nc2ccnc(NCCc3ccc(S(N)(=O)=O)cc3)n2)c1C. The zero-order valence-electron chi connectivity index (χ0n) is 15.8. The first-order valence-electron chi connectivity index (χ1n) is 8.85. The number of aromatic nitrogens is 2. The van der Waals surface area contributed by atoms with E-state index in [0.717, 1.165) is 11.3 Å². The first kappa shape index (κ1) is 19.8. The Bertz CT molecular complexity index is 1070. The highest BCUT2D eigenvalue weighted by atomic mass is 32.2. The van der Waals surface area contributed by atoms with E-state index in [2.05, 4.69) is 40.5 Å². The van der Waals surface area contributed by atoms with E-state index in [9.17, 15) is 8.42 Å². The summed E-state index contributed by atoms with van der Waals surface area (Å²) in [6, 6.07) is 14.4. The van der Waals surface area contributed by atoms with Gasteiger partial charge in [0.25, 0.3) is 0 Å². The summed E-state index contributed by atoms with van der Waals surface area (Å²) in [7, 11) is -3.66. The van der Waals surface area contributed by atoms with Crippen LogP contribution < -0.4 is 15.8 Å². The number of primary sulfonamides is 1. The predicted molar refractivity (Wildman–Crippen MR) is 111 cm³/mol. The van der Waals surface area contributed by atoms with Gasteiger partial charge in [-0.15, -0.1) is 0 Å². The first-order valence-corrected chi connectivity index (χ1v) is 10.4. The third kappa shape index (κ3) is 5.05. The third-order valence-corrected chi connectivity index (χ3v) is 5.40. The molecule has 0 fully saturated rings. The topological polar surface area (TPSA) is 110 Å². The fourth-order valence-electron chi connectivity index (χ4n) is 2.70. The van der Waals surface area contributed by atoms with E-state index in [4.69, 9.17) is 5.14 Å². The molecule has 2 aromatic carbocycles. The number of sulfonamides is 1. The lowest BCUT2D eigenvalue weighted by Gasteiger charge is -2.12. The molecule has 0 saturated carbocycles. The van der Waals surface area contributed by atoms with E-state index in [1.807, 2.05) is 18.2 Å². The largest absolute Gasteiger partial charge is 0.354 e. The number of rotatable bonds is 7. The van der Waals surface area contributed by atoms with E-state index in [-0.39, 0.29) is 4.90 Å². The average Bonchev–Trinajstić information content (AvgIpc) is 2.66. The monoisotopic (exact) mass is 397 g/mol. The Balaban J connectivity index is 1.60. The van der Waals surface area contributed by atoms with Gasteiger partial charge in [0.05, 0.1) is 4.90 Å². The summed E-state index contributed by atoms with van der Waals surface area (Å²) in [5.74, 6) is 1.24. The summed E-state index contributed by atoms with van der Waals surface area (Å²) in [5.41, 5.74) is 4.40. The summed E-state index contributed by atoms with van der Waals surface area (Å²) in [6.07, 6.45) is 2.40. The molecule has 0 unspecified atom stereocenters. The van der Waals surface area contributed by atoms with Crippen molar-refractivity contribution in [3.8, 4) is 0 Å². The highest BCUT2D eigenvalue weighted by Gasteiger charge is 2.07. The van der Waals surface area contributed by atoms with E-state index >= 15 is 0 Å². The van der Waals surface area contributed by atoms with Crippen molar-refractivity contribution in [2.45, 2.75) is 25.2 Å². The minimum atomic E-state index is -3.66. The molecule has 1 heterocycles. The van der Waals surface area contributed by atoms with Gasteiger partial charge in [0.15, 0.2) is 0 Å². The molecule has 3 rings (SSSR count). The van der Waals surface area contributed by atoms with Gasteiger partial charge >= 0.3 is 0 Å². The Kier molecular flexibility index (Phi) is 5.91. The fraction of sp³-hybridized carbons (Fsp3) is 0.200. The van der Waals surface area contributed by atoms with Gasteiger partial charge in [0.1, 0.15) is 5.82 Å². The van der Waals surface area contributed by atoms with E-state index in [0.29, 0.717) is 24.7 Å². The van der Waals surface area contributed by atoms with Gasteiger partial charge in [-0.3, -0.25) is 0 Å². The van der Waals surface area contributed by atoms with Gasteiger partial charge < -0.3 is 10.6 Å². The lowest BCUT2D eigenvalue weighted by molar-refractivity contribution is 0.598. The number of nitrogens with two attached hydrogens (primary N) is 1. The number of nitrogens with one attached hydrogen (secondary N) is 2. The minimum Gasteiger partial charge on any atom is -0.354 e. The van der Waals surface area contributed by atoms with Crippen LogP contribution in [-0.4, -0.2) is 24.9 Å². The van der Waals surface area contributed by atoms with Gasteiger partial charge in [0.2, 0.25) is 16.0 Å². The first-order chi connectivity index (χ1) is 13.3. The molecule has 0 atom stereocenters. The van der Waals surface area contributed by atoms with Crippen LogP contribution in [0.15, 0.2) is 59.6 Å². The molecule has 0 bridgehead atoms. The second-order valence-electron chi connectivity index (χ2n) is 6.50. The quantitative estimate of drug-likeness (QED) is 0.565. The Labute approximate surface area is 165 Å². The minimum absolute atomic E-state index is 0.109. The Morgan fingerprint density at radius 3 is 2.50 bits per heavy atom. The van der Waals surface area contributed by atoms with E-state index in [1.54, 1.807) is 18.3 Å². The van der Waals surface area contributed by atoms with Crippen LogP contribution in [0.1, 0.15) is 16.7 Å². The van der Waals surface area contributed by atoms with E-state index in [1.165, 1.54) is 23.3 Å². The van der Waals surface area contributed by atoms with Crippen molar-refractivity contribution in [1.82, 2.24) is 9.97 Å². The molecule has 8 heteroatoms. The number of nitrogens with zero attached hydrogens (tertiary/aromatic N) is 2. The molecule has 0 saturated heterocycles. The predicted octanol–water partition coefficient (Wildman–Crippen LogP) is 3.14. The summed E-state index contributed by atoms with van der Waals surface area (Å²) >= 11 is 0. The van der Waals surface area contributed by atoms with Crippen molar-refractivity contribution in [3.63, 3.8) is 0 Å². The van der Waals surface area contributed by atoms with Gasteiger partial charge in [-0.1, -0.05) is 24.3 Å². The Morgan fingerprint density at radius 2 is 1.79 bits per heavy atom. The molecule has 7 nitrogen and oxygen atoms in total. The second kappa shape index (κ2) is 8.37. The maximum Gasteiger partial charge on any atom is 0.238 e. The fourth-order valence-corrected chi connectivity index (χ4v) is 3.22. The summed E-state index contributed by atoms with van der Waals surface area (Å²) in [5, 5.41) is 11.6. The molecule has 1 aromatic heterocycles. The highest BCUT2D eigenvalue weighted by molar-refractivity contribution is 7.89. The van der Waals surface area contributed by atoms with Crippen LogP contribution in [-0.2, 0) is 16.4 Å². The van der Waals surface area contributed by atoms with Crippen LogP contribution in [0.3, 0.4) is 0 Å². The molecule has 0 radical (unpaired) electrons. The number of anilines is 3. The lowest BCUT2D eigenvalue weighted by Crippen LogP contribution is -2.12. The molecule has 0 spiro atoms. The van der Waals surface area contributed by atoms with Crippen molar-refractivity contribution in [3.05, 3.63) is 71.4 Å². The van der Waals surface area contributed by atoms with Gasteiger partial charge in [-0.25, -0.2) is 18.5 Å². The standard InChI is InChI=1S/C20H23N5O2S/c1-14-4-3-5-18(15(14)2)24-19-11-13-23-20(25-19)22-12-10-16-6-8-17(9-7-16)28(21,26)27/h3-9,11,13H,10,12H2,1-2H3,(H2,21,26,27)(H2,22,23,24,25). The van der Waals surface area contributed by atoms with Crippen LogP contribution in [0.5, 0.6) is 0 Å². The smallest absolute Gasteiger partial charge is 0.238 e. The van der Waals surface area contributed by atoms with Crippen molar-refractivity contribution >= 4 is 27.5 Å². The lowest BCUT2D eigenvalue weighted by atomic mass is 10.1. The molecule has 3 aromatic rings. The summed E-state index contributed by atoms with van der Waals surface area (Å²) in [4.78, 5) is 8.84. The number of hydrogen-bond acceptors (Lipinski definition) is 6. The molecule has 28 heavy (non-hydrogen) atoms. The van der Waals surface area contributed by atoms with Crippen molar-refractivity contribution in [2.24, 2.45) is 5.14 Å². The number of hydrogen-bond donors (Lipinski definition) is 3. The number of aryl methyl sites for hydroxylation is 1. The molecular weight excluding hydrogens is 374 g/mol. The van der Waals surface area contributed by atoms with Crippen molar-refractivity contribution in [2.75, 3.05) is 17.2 Å². The zero-order valence-corrected chi connectivity index (χ0v) is 16.6. The van der Waals surface area contributed by atoms with Crippen LogP contribution in [0.4, 0.5) is 17.5 Å². The van der Waals surface area contributed by atoms with Gasteiger partial charge in [-0.05, 0) is 61.2 Å². The zero-order chi connectivity index (χ0) is 20.1. The molecule has 0 aliphatic heterocycles. The van der Waals surface area contributed by atoms with Gasteiger partial charge in [0, 0.05) is 18.4 Å². The second-order valence-corrected chi connectivity index (χ2v) is 8.07. The maximum absolute atomic E-state index is 11.3. The summed E-state index contributed by atoms with van der Waals surface area (Å²) < 4.78 is 22.6. The van der Waals surface area contributed by atoms with Crippen LogP contribution >= 0.6 is 0 Å². The van der Waals surface area contributed by atoms with Crippen molar-refractivity contribution in [1.29, 1.82) is 0 Å². The average molecular weight is 398 g/mol. The van der Waals surface area contributed by atoms with Crippen LogP contribution in [0.2, 0.25) is 0 Å². The number of benzene rings is 2. The molecule has 146 valence electrons. The molecule has 4 N–H and O–H groups in total. The third-order valence-electron chi connectivity index (χ3n) is 4.47. The summed E-state index contributed by atoms with van der Waals surface area (Å²) in [6.45, 7) is 4.75. The normalized spacial score (nSPS) is 11.2.